The standard InChI is InChI=1S/C16H26N2/c1-13-4-5-15(12-14(13)2)8-11-17-9-3-10-18-16-6-7-16/h4-5,12,16-18H,3,6-11H2,1-2H3. The molecule has 0 unspecified atom stereocenters. The van der Waals surface area contributed by atoms with Crippen molar-refractivity contribution < 1.29 is 0 Å². The van der Waals surface area contributed by atoms with Gasteiger partial charge in [-0.15, -0.1) is 0 Å². The second-order valence-corrected chi connectivity index (χ2v) is 5.50. The molecule has 1 fully saturated rings. The first-order valence-corrected chi connectivity index (χ1v) is 7.26. The first-order chi connectivity index (χ1) is 8.75. The van der Waals surface area contributed by atoms with E-state index in [9.17, 15) is 0 Å². The van der Waals surface area contributed by atoms with Crippen molar-refractivity contribution in [3.8, 4) is 0 Å². The normalized spacial score (nSPS) is 15.0. The minimum atomic E-state index is 0.848. The molecule has 1 aromatic rings. The lowest BCUT2D eigenvalue weighted by atomic mass is 10.0. The van der Waals surface area contributed by atoms with Gasteiger partial charge in [0.2, 0.25) is 0 Å². The summed E-state index contributed by atoms with van der Waals surface area (Å²) in [7, 11) is 0. The molecule has 0 amide bonds. The van der Waals surface area contributed by atoms with Crippen molar-refractivity contribution >= 4 is 0 Å². The molecular formula is C16H26N2. The summed E-state index contributed by atoms with van der Waals surface area (Å²) >= 11 is 0. The Morgan fingerprint density at radius 3 is 2.61 bits per heavy atom. The largest absolute Gasteiger partial charge is 0.316 e. The predicted octanol–water partition coefficient (Wildman–Crippen LogP) is 2.58. The van der Waals surface area contributed by atoms with E-state index >= 15 is 0 Å². The fourth-order valence-corrected chi connectivity index (χ4v) is 2.12. The van der Waals surface area contributed by atoms with Crippen LogP contribution in [0.15, 0.2) is 18.2 Å². The van der Waals surface area contributed by atoms with Gasteiger partial charge in [-0.05, 0) is 75.9 Å². The predicted molar refractivity (Wildman–Crippen MR) is 78.1 cm³/mol. The molecule has 2 rings (SSSR count). The Morgan fingerprint density at radius 1 is 1.06 bits per heavy atom. The number of aryl methyl sites for hydroxylation is 2. The van der Waals surface area contributed by atoms with Gasteiger partial charge in [-0.2, -0.15) is 0 Å². The number of rotatable bonds is 8. The third-order valence-corrected chi connectivity index (χ3v) is 3.70. The van der Waals surface area contributed by atoms with Crippen molar-refractivity contribution in [2.45, 2.75) is 45.6 Å². The summed E-state index contributed by atoms with van der Waals surface area (Å²) in [4.78, 5) is 0. The Kier molecular flexibility index (Phi) is 5.21. The smallest absolute Gasteiger partial charge is 0.00682 e. The van der Waals surface area contributed by atoms with E-state index in [0.29, 0.717) is 0 Å². The summed E-state index contributed by atoms with van der Waals surface area (Å²) in [6.45, 7) is 7.75. The van der Waals surface area contributed by atoms with E-state index in [-0.39, 0.29) is 0 Å². The van der Waals surface area contributed by atoms with Crippen molar-refractivity contribution in [2.75, 3.05) is 19.6 Å². The second kappa shape index (κ2) is 6.91. The molecular weight excluding hydrogens is 220 g/mol. The van der Waals surface area contributed by atoms with Gasteiger partial charge in [-0.1, -0.05) is 18.2 Å². The van der Waals surface area contributed by atoms with Crippen molar-refractivity contribution in [3.05, 3.63) is 34.9 Å². The van der Waals surface area contributed by atoms with Crippen LogP contribution in [-0.2, 0) is 6.42 Å². The molecule has 0 aromatic heterocycles. The summed E-state index contributed by atoms with van der Waals surface area (Å²) < 4.78 is 0. The Labute approximate surface area is 111 Å². The van der Waals surface area contributed by atoms with Gasteiger partial charge in [0.25, 0.3) is 0 Å². The molecule has 2 nitrogen and oxygen atoms in total. The topological polar surface area (TPSA) is 24.1 Å². The molecule has 0 bridgehead atoms. The molecule has 0 radical (unpaired) electrons. The maximum atomic E-state index is 3.54. The Morgan fingerprint density at radius 2 is 1.89 bits per heavy atom. The van der Waals surface area contributed by atoms with Crippen LogP contribution in [0.25, 0.3) is 0 Å². The molecule has 2 N–H and O–H groups in total. The molecule has 1 aliphatic carbocycles. The molecule has 1 aromatic carbocycles. The van der Waals surface area contributed by atoms with Crippen LogP contribution in [0.2, 0.25) is 0 Å². The second-order valence-electron chi connectivity index (χ2n) is 5.50. The average Bonchev–Trinajstić information content (AvgIpc) is 3.16. The SMILES string of the molecule is Cc1ccc(CCNCCCNC2CC2)cc1C. The van der Waals surface area contributed by atoms with Crippen LogP contribution in [0.1, 0.15) is 36.0 Å². The maximum absolute atomic E-state index is 3.54. The third kappa shape index (κ3) is 4.79. The Balaban J connectivity index is 1.52. The molecule has 0 aliphatic heterocycles. The lowest BCUT2D eigenvalue weighted by molar-refractivity contribution is 0.594. The van der Waals surface area contributed by atoms with Crippen LogP contribution >= 0.6 is 0 Å². The molecule has 0 atom stereocenters. The summed E-state index contributed by atoms with van der Waals surface area (Å²) in [6.07, 6.45) is 5.15. The van der Waals surface area contributed by atoms with Gasteiger partial charge < -0.3 is 10.6 Å². The van der Waals surface area contributed by atoms with Crippen LogP contribution in [0, 0.1) is 13.8 Å². The highest BCUT2D eigenvalue weighted by Gasteiger charge is 2.19. The Hall–Kier alpha value is -0.860. The number of hydrogen-bond acceptors (Lipinski definition) is 2. The molecule has 18 heavy (non-hydrogen) atoms. The first kappa shape index (κ1) is 13.6. The molecule has 0 heterocycles. The fourth-order valence-electron chi connectivity index (χ4n) is 2.12. The van der Waals surface area contributed by atoms with E-state index in [1.54, 1.807) is 0 Å². The average molecular weight is 246 g/mol. The number of nitrogens with one attached hydrogen (secondary N) is 2. The maximum Gasteiger partial charge on any atom is 0.00682 e. The number of hydrogen-bond donors (Lipinski definition) is 2. The highest BCUT2D eigenvalue weighted by molar-refractivity contribution is 5.29. The molecule has 0 saturated heterocycles. The highest BCUT2D eigenvalue weighted by Crippen LogP contribution is 2.18. The van der Waals surface area contributed by atoms with Crippen molar-refractivity contribution in [3.63, 3.8) is 0 Å². The highest BCUT2D eigenvalue weighted by atomic mass is 14.9. The van der Waals surface area contributed by atoms with E-state index in [0.717, 1.165) is 25.6 Å². The van der Waals surface area contributed by atoms with Gasteiger partial charge in [-0.25, -0.2) is 0 Å². The molecule has 1 aliphatic rings. The van der Waals surface area contributed by atoms with Gasteiger partial charge in [-0.3, -0.25) is 0 Å². The third-order valence-electron chi connectivity index (χ3n) is 3.70. The Bertz CT molecular complexity index is 369. The van der Waals surface area contributed by atoms with Crippen molar-refractivity contribution in [1.82, 2.24) is 10.6 Å². The molecule has 2 heteroatoms. The van der Waals surface area contributed by atoms with Crippen LogP contribution in [0.3, 0.4) is 0 Å². The summed E-state index contributed by atoms with van der Waals surface area (Å²) in [5.41, 5.74) is 4.24. The van der Waals surface area contributed by atoms with Crippen LogP contribution in [-0.4, -0.2) is 25.7 Å². The zero-order chi connectivity index (χ0) is 12.8. The van der Waals surface area contributed by atoms with E-state index < -0.39 is 0 Å². The monoisotopic (exact) mass is 246 g/mol. The lowest BCUT2D eigenvalue weighted by Crippen LogP contribution is -2.24. The van der Waals surface area contributed by atoms with Crippen LogP contribution < -0.4 is 10.6 Å². The van der Waals surface area contributed by atoms with Gasteiger partial charge >= 0.3 is 0 Å². The van der Waals surface area contributed by atoms with E-state index in [2.05, 4.69) is 42.7 Å². The van der Waals surface area contributed by atoms with Crippen LogP contribution in [0.5, 0.6) is 0 Å². The van der Waals surface area contributed by atoms with E-state index in [1.165, 1.54) is 42.5 Å². The minimum Gasteiger partial charge on any atom is -0.316 e. The van der Waals surface area contributed by atoms with E-state index in [1.807, 2.05) is 0 Å². The molecule has 0 spiro atoms. The van der Waals surface area contributed by atoms with Crippen molar-refractivity contribution in [1.29, 1.82) is 0 Å². The minimum absolute atomic E-state index is 0.848. The summed E-state index contributed by atoms with van der Waals surface area (Å²) in [5.74, 6) is 0. The van der Waals surface area contributed by atoms with E-state index in [4.69, 9.17) is 0 Å². The summed E-state index contributed by atoms with van der Waals surface area (Å²) in [6, 6.07) is 7.63. The quantitative estimate of drug-likeness (QED) is 0.689. The van der Waals surface area contributed by atoms with Gasteiger partial charge in [0.05, 0.1) is 0 Å². The molecule has 1 saturated carbocycles. The first-order valence-electron chi connectivity index (χ1n) is 7.26. The van der Waals surface area contributed by atoms with Gasteiger partial charge in [0.15, 0.2) is 0 Å². The van der Waals surface area contributed by atoms with Crippen LogP contribution in [0.4, 0.5) is 0 Å². The zero-order valence-corrected chi connectivity index (χ0v) is 11.8. The molecule has 100 valence electrons. The lowest BCUT2D eigenvalue weighted by Gasteiger charge is -2.07. The summed E-state index contributed by atoms with van der Waals surface area (Å²) in [5, 5.41) is 7.06. The fraction of sp³-hybridized carbons (Fsp3) is 0.625. The number of benzene rings is 1. The van der Waals surface area contributed by atoms with Gasteiger partial charge in [0.1, 0.15) is 0 Å². The van der Waals surface area contributed by atoms with Crippen molar-refractivity contribution in [2.24, 2.45) is 0 Å². The zero-order valence-electron chi connectivity index (χ0n) is 11.8. The van der Waals surface area contributed by atoms with Gasteiger partial charge in [0, 0.05) is 6.04 Å².